The number of nitrogens with zero attached hydrogens (tertiary/aromatic N) is 3. The van der Waals surface area contributed by atoms with Crippen molar-refractivity contribution in [3.8, 4) is 5.75 Å². The predicted molar refractivity (Wildman–Crippen MR) is 146 cm³/mol. The molecule has 36 heavy (non-hydrogen) atoms. The Kier molecular flexibility index (Phi) is 7.68. The van der Waals surface area contributed by atoms with Crippen molar-refractivity contribution >= 4 is 32.9 Å². The zero-order chi connectivity index (χ0) is 24.9. The number of carbonyl (C=O) groups is 1. The molecule has 4 aromatic rings. The number of nitrogens with one attached hydrogen (secondary N) is 1. The molecular weight excluding hydrogens is 516 g/mol. The van der Waals surface area contributed by atoms with Gasteiger partial charge >= 0.3 is 0 Å². The first kappa shape index (κ1) is 24.5. The second-order valence-corrected chi connectivity index (χ2v) is 10.3. The molecule has 3 aromatic carbocycles. The van der Waals surface area contributed by atoms with Crippen LogP contribution in [0.5, 0.6) is 5.75 Å². The van der Waals surface area contributed by atoms with Crippen molar-refractivity contribution in [3.63, 3.8) is 0 Å². The molecule has 1 aromatic heterocycles. The van der Waals surface area contributed by atoms with E-state index >= 15 is 0 Å². The van der Waals surface area contributed by atoms with Gasteiger partial charge in [-0.1, -0.05) is 52.3 Å². The molecule has 0 unspecified atom stereocenters. The molecule has 186 valence electrons. The average Bonchev–Trinajstić information content (AvgIpc) is 3.25. The minimum absolute atomic E-state index is 0.00591. The molecule has 1 N–H and O–H groups in total. The van der Waals surface area contributed by atoms with Crippen molar-refractivity contribution in [3.05, 3.63) is 94.2 Å². The number of piperidine rings is 1. The van der Waals surface area contributed by atoms with Crippen molar-refractivity contribution in [2.75, 3.05) is 20.2 Å². The van der Waals surface area contributed by atoms with Crippen molar-refractivity contribution in [1.29, 1.82) is 0 Å². The summed E-state index contributed by atoms with van der Waals surface area (Å²) in [6.07, 6.45) is 1.93. The first-order chi connectivity index (χ1) is 17.6. The number of hydrogen-bond acceptors (Lipinski definition) is 4. The molecule has 5 rings (SSSR count). The van der Waals surface area contributed by atoms with E-state index in [0.29, 0.717) is 6.54 Å². The van der Waals surface area contributed by atoms with Crippen LogP contribution in [0, 0.1) is 5.92 Å². The third-order valence-corrected chi connectivity index (χ3v) is 7.38. The van der Waals surface area contributed by atoms with Crippen LogP contribution in [0.1, 0.15) is 29.8 Å². The number of imidazole rings is 1. The van der Waals surface area contributed by atoms with Crippen LogP contribution in [-0.2, 0) is 24.4 Å². The topological polar surface area (TPSA) is 59.4 Å². The van der Waals surface area contributed by atoms with E-state index in [2.05, 4.69) is 61.0 Å². The highest BCUT2D eigenvalue weighted by Crippen LogP contribution is 2.23. The highest BCUT2D eigenvalue weighted by molar-refractivity contribution is 9.10. The summed E-state index contributed by atoms with van der Waals surface area (Å²) in [6.45, 7) is 3.74. The number of carbonyl (C=O) groups excluding carboxylic acids is 1. The van der Waals surface area contributed by atoms with E-state index < -0.39 is 0 Å². The summed E-state index contributed by atoms with van der Waals surface area (Å²) in [5.41, 5.74) is 4.43. The van der Waals surface area contributed by atoms with Crippen LogP contribution >= 0.6 is 15.9 Å². The normalized spacial score (nSPS) is 16.2. The average molecular weight is 547 g/mol. The number of amides is 1. The van der Waals surface area contributed by atoms with Gasteiger partial charge in [-0.2, -0.15) is 0 Å². The maximum Gasteiger partial charge on any atom is 0.224 e. The summed E-state index contributed by atoms with van der Waals surface area (Å²) >= 11 is 3.46. The van der Waals surface area contributed by atoms with E-state index in [9.17, 15) is 4.79 Å². The smallest absolute Gasteiger partial charge is 0.224 e. The number of para-hydroxylation sites is 2. The summed E-state index contributed by atoms with van der Waals surface area (Å²) in [5, 5.41) is 3.14. The molecule has 0 spiro atoms. The highest BCUT2D eigenvalue weighted by atomic mass is 79.9. The van der Waals surface area contributed by atoms with Gasteiger partial charge in [0.2, 0.25) is 5.91 Å². The predicted octanol–water partition coefficient (Wildman–Crippen LogP) is 5.38. The largest absolute Gasteiger partial charge is 0.497 e. The molecule has 0 bridgehead atoms. The molecular formula is C29H31BrN4O2. The molecule has 1 aliphatic rings. The Morgan fingerprint density at radius 3 is 2.56 bits per heavy atom. The van der Waals surface area contributed by atoms with E-state index in [1.807, 2.05) is 42.5 Å². The third-order valence-electron chi connectivity index (χ3n) is 6.85. The lowest BCUT2D eigenvalue weighted by Crippen LogP contribution is -2.42. The monoisotopic (exact) mass is 546 g/mol. The van der Waals surface area contributed by atoms with Gasteiger partial charge in [0, 0.05) is 24.1 Å². The Labute approximate surface area is 220 Å². The van der Waals surface area contributed by atoms with Crippen LogP contribution < -0.4 is 10.1 Å². The maximum atomic E-state index is 13.0. The number of rotatable bonds is 8. The quantitative estimate of drug-likeness (QED) is 0.322. The van der Waals surface area contributed by atoms with Gasteiger partial charge < -0.3 is 14.6 Å². The van der Waals surface area contributed by atoms with Crippen LogP contribution in [0.4, 0.5) is 0 Å². The Bertz CT molecular complexity index is 1320. The van der Waals surface area contributed by atoms with Crippen LogP contribution in [0.2, 0.25) is 0 Å². The van der Waals surface area contributed by atoms with E-state index in [1.54, 1.807) is 7.11 Å². The van der Waals surface area contributed by atoms with Gasteiger partial charge in [0.1, 0.15) is 11.6 Å². The van der Waals surface area contributed by atoms with Gasteiger partial charge in [-0.15, -0.1) is 0 Å². The highest BCUT2D eigenvalue weighted by Gasteiger charge is 2.27. The van der Waals surface area contributed by atoms with Crippen molar-refractivity contribution in [2.45, 2.75) is 32.5 Å². The minimum atomic E-state index is -0.00591. The van der Waals surface area contributed by atoms with Crippen molar-refractivity contribution < 1.29 is 9.53 Å². The second kappa shape index (κ2) is 11.3. The number of fused-ring (bicyclic) bond motifs is 1. The number of ether oxygens (including phenoxy) is 1. The van der Waals surface area contributed by atoms with Gasteiger partial charge in [0.25, 0.3) is 0 Å². The van der Waals surface area contributed by atoms with Gasteiger partial charge in [-0.3, -0.25) is 9.69 Å². The van der Waals surface area contributed by atoms with E-state index in [1.165, 1.54) is 5.56 Å². The standard InChI is InChI=1S/C29H31BrN4O2/c1-36-25-14-10-22(11-15-25)18-34-27-7-3-2-6-26(27)32-28(34)20-33-16-4-5-23(19-33)29(35)31-17-21-8-12-24(30)13-9-21/h2-3,6-15,23H,4-5,16-20H2,1H3,(H,31,35)/t23-/m1/s1. The van der Waals surface area contributed by atoms with Gasteiger partial charge in [-0.25, -0.2) is 4.98 Å². The minimum Gasteiger partial charge on any atom is -0.497 e. The fourth-order valence-corrected chi connectivity index (χ4v) is 5.15. The first-order valence-electron chi connectivity index (χ1n) is 12.4. The first-order valence-corrected chi connectivity index (χ1v) is 13.2. The molecule has 1 fully saturated rings. The zero-order valence-electron chi connectivity index (χ0n) is 20.5. The second-order valence-electron chi connectivity index (χ2n) is 9.37. The number of aromatic nitrogens is 2. The Balaban J connectivity index is 1.28. The van der Waals surface area contributed by atoms with Gasteiger partial charge in [0.05, 0.1) is 30.6 Å². The van der Waals surface area contributed by atoms with E-state index in [4.69, 9.17) is 9.72 Å². The van der Waals surface area contributed by atoms with Crippen LogP contribution in [0.25, 0.3) is 11.0 Å². The summed E-state index contributed by atoms with van der Waals surface area (Å²) in [5.74, 6) is 2.01. The van der Waals surface area contributed by atoms with Crippen LogP contribution in [0.15, 0.2) is 77.3 Å². The lowest BCUT2D eigenvalue weighted by Gasteiger charge is -2.31. The number of benzene rings is 3. The maximum absolute atomic E-state index is 13.0. The Hall–Kier alpha value is -3.16. The summed E-state index contributed by atoms with van der Waals surface area (Å²) < 4.78 is 8.66. The van der Waals surface area contributed by atoms with Crippen molar-refractivity contribution in [1.82, 2.24) is 19.8 Å². The summed E-state index contributed by atoms with van der Waals surface area (Å²) in [6, 6.07) is 24.6. The molecule has 1 saturated heterocycles. The van der Waals surface area contributed by atoms with Crippen molar-refractivity contribution in [2.24, 2.45) is 5.92 Å². The molecule has 1 aliphatic heterocycles. The number of methoxy groups -OCH3 is 1. The molecule has 6 nitrogen and oxygen atoms in total. The lowest BCUT2D eigenvalue weighted by atomic mass is 9.97. The SMILES string of the molecule is COc1ccc(Cn2c(CN3CCC[C@@H](C(=O)NCc4ccc(Br)cc4)C3)nc3ccccc32)cc1. The van der Waals surface area contributed by atoms with E-state index in [-0.39, 0.29) is 11.8 Å². The Morgan fingerprint density at radius 2 is 1.78 bits per heavy atom. The zero-order valence-corrected chi connectivity index (χ0v) is 22.1. The fourth-order valence-electron chi connectivity index (χ4n) is 4.88. The third kappa shape index (κ3) is 5.79. The number of likely N-dealkylation sites (tertiary alicyclic amines) is 1. The molecule has 7 heteroatoms. The fraction of sp³-hybridized carbons (Fsp3) is 0.310. The molecule has 0 radical (unpaired) electrons. The molecule has 0 aliphatic carbocycles. The lowest BCUT2D eigenvalue weighted by molar-refractivity contribution is -0.127. The van der Waals surface area contributed by atoms with E-state index in [0.717, 1.165) is 71.7 Å². The number of hydrogen-bond donors (Lipinski definition) is 1. The summed E-state index contributed by atoms with van der Waals surface area (Å²) in [4.78, 5) is 20.3. The molecule has 2 heterocycles. The molecule has 0 saturated carbocycles. The number of halogens is 1. The van der Waals surface area contributed by atoms with Crippen LogP contribution in [0.3, 0.4) is 0 Å². The molecule has 1 atom stereocenters. The Morgan fingerprint density at radius 1 is 1.03 bits per heavy atom. The van der Waals surface area contributed by atoms with Crippen LogP contribution in [-0.4, -0.2) is 40.6 Å². The van der Waals surface area contributed by atoms with Gasteiger partial charge in [-0.05, 0) is 66.9 Å². The molecule has 1 amide bonds. The summed E-state index contributed by atoms with van der Waals surface area (Å²) in [7, 11) is 1.68. The van der Waals surface area contributed by atoms with Gasteiger partial charge in [0.15, 0.2) is 0 Å².